The molecule has 0 unspecified atom stereocenters. The third-order valence-electron chi connectivity index (χ3n) is 2.52. The first kappa shape index (κ1) is 10.7. The van der Waals surface area contributed by atoms with E-state index in [1.807, 2.05) is 43.3 Å². The SMILES string of the molecule is Cc1nc(-c2ccccc2)c2cc(Cl)sc2n1. The maximum Gasteiger partial charge on any atom is 0.129 e. The van der Waals surface area contributed by atoms with Crippen molar-refractivity contribution in [2.24, 2.45) is 0 Å². The topological polar surface area (TPSA) is 25.8 Å². The van der Waals surface area contributed by atoms with Gasteiger partial charge in [0.2, 0.25) is 0 Å². The molecule has 0 saturated heterocycles. The molecule has 0 N–H and O–H groups in total. The molecular weight excluding hydrogens is 252 g/mol. The molecule has 0 aliphatic carbocycles. The molecule has 3 aromatic rings. The van der Waals surface area contributed by atoms with E-state index in [4.69, 9.17) is 11.6 Å². The van der Waals surface area contributed by atoms with Gasteiger partial charge >= 0.3 is 0 Å². The van der Waals surface area contributed by atoms with E-state index >= 15 is 0 Å². The number of nitrogens with zero attached hydrogens (tertiary/aromatic N) is 2. The first-order chi connectivity index (χ1) is 8.24. The van der Waals surface area contributed by atoms with Crippen molar-refractivity contribution in [3.05, 3.63) is 46.6 Å². The van der Waals surface area contributed by atoms with Crippen molar-refractivity contribution in [2.45, 2.75) is 6.92 Å². The lowest BCUT2D eigenvalue weighted by Crippen LogP contribution is -1.91. The molecule has 1 aromatic carbocycles. The summed E-state index contributed by atoms with van der Waals surface area (Å²) < 4.78 is 0.747. The van der Waals surface area contributed by atoms with Gasteiger partial charge in [-0.3, -0.25) is 0 Å². The summed E-state index contributed by atoms with van der Waals surface area (Å²) >= 11 is 7.54. The lowest BCUT2D eigenvalue weighted by molar-refractivity contribution is 1.10. The van der Waals surface area contributed by atoms with Crippen LogP contribution in [0.3, 0.4) is 0 Å². The molecule has 0 radical (unpaired) electrons. The van der Waals surface area contributed by atoms with E-state index in [1.54, 1.807) is 0 Å². The molecule has 3 rings (SSSR count). The van der Waals surface area contributed by atoms with Crippen LogP contribution < -0.4 is 0 Å². The van der Waals surface area contributed by atoms with E-state index in [1.165, 1.54) is 11.3 Å². The molecule has 2 aromatic heterocycles. The van der Waals surface area contributed by atoms with Gasteiger partial charge in [0.05, 0.1) is 10.0 Å². The molecule has 2 heterocycles. The van der Waals surface area contributed by atoms with Crippen LogP contribution in [0, 0.1) is 6.92 Å². The molecule has 17 heavy (non-hydrogen) atoms. The van der Waals surface area contributed by atoms with Gasteiger partial charge in [-0.2, -0.15) is 0 Å². The normalized spacial score (nSPS) is 10.9. The van der Waals surface area contributed by atoms with Gasteiger partial charge < -0.3 is 0 Å². The minimum atomic E-state index is 0.747. The second-order valence-corrected chi connectivity index (χ2v) is 5.42. The molecule has 0 aliphatic heterocycles. The van der Waals surface area contributed by atoms with Crippen LogP contribution in [0.15, 0.2) is 36.4 Å². The summed E-state index contributed by atoms with van der Waals surface area (Å²) in [5.41, 5.74) is 2.05. The summed E-state index contributed by atoms with van der Waals surface area (Å²) in [7, 11) is 0. The molecule has 0 amide bonds. The predicted molar refractivity (Wildman–Crippen MR) is 72.6 cm³/mol. The van der Waals surface area contributed by atoms with Crippen molar-refractivity contribution in [1.82, 2.24) is 9.97 Å². The van der Waals surface area contributed by atoms with Crippen LogP contribution in [0.25, 0.3) is 21.5 Å². The fourth-order valence-electron chi connectivity index (χ4n) is 1.81. The standard InChI is InChI=1S/C13H9ClN2S/c1-8-15-12(9-5-3-2-4-6-9)10-7-11(14)17-13(10)16-8/h2-7H,1H3. The minimum Gasteiger partial charge on any atom is -0.232 e. The van der Waals surface area contributed by atoms with E-state index in [0.717, 1.165) is 31.6 Å². The van der Waals surface area contributed by atoms with E-state index < -0.39 is 0 Å². The predicted octanol–water partition coefficient (Wildman–Crippen LogP) is 4.32. The zero-order valence-corrected chi connectivity index (χ0v) is 10.7. The third-order valence-corrected chi connectivity index (χ3v) is 3.68. The quantitative estimate of drug-likeness (QED) is 0.651. The highest BCUT2D eigenvalue weighted by atomic mass is 35.5. The number of benzene rings is 1. The van der Waals surface area contributed by atoms with Crippen LogP contribution in [0.5, 0.6) is 0 Å². The van der Waals surface area contributed by atoms with Gasteiger partial charge in [-0.25, -0.2) is 9.97 Å². The van der Waals surface area contributed by atoms with Crippen LogP contribution in [0.2, 0.25) is 4.34 Å². The summed E-state index contributed by atoms with van der Waals surface area (Å²) in [6.45, 7) is 1.90. The van der Waals surface area contributed by atoms with E-state index in [0.29, 0.717) is 0 Å². The van der Waals surface area contributed by atoms with Crippen LogP contribution in [-0.4, -0.2) is 9.97 Å². The zero-order valence-electron chi connectivity index (χ0n) is 9.14. The number of halogens is 1. The number of rotatable bonds is 1. The van der Waals surface area contributed by atoms with Gasteiger partial charge in [-0.15, -0.1) is 11.3 Å². The summed E-state index contributed by atoms with van der Waals surface area (Å²) in [6.07, 6.45) is 0. The van der Waals surface area contributed by atoms with Crippen LogP contribution >= 0.6 is 22.9 Å². The average molecular weight is 261 g/mol. The summed E-state index contributed by atoms with van der Waals surface area (Å²) in [5.74, 6) is 0.773. The molecule has 0 bridgehead atoms. The summed E-state index contributed by atoms with van der Waals surface area (Å²) in [6, 6.07) is 12.0. The monoisotopic (exact) mass is 260 g/mol. The molecular formula is C13H9ClN2S. The van der Waals surface area contributed by atoms with E-state index in [2.05, 4.69) is 9.97 Å². The highest BCUT2D eigenvalue weighted by Crippen LogP contribution is 2.33. The Morgan fingerprint density at radius 3 is 2.65 bits per heavy atom. The van der Waals surface area contributed by atoms with Crippen molar-refractivity contribution in [3.8, 4) is 11.3 Å². The van der Waals surface area contributed by atoms with Gasteiger partial charge in [-0.05, 0) is 13.0 Å². The fraction of sp³-hybridized carbons (Fsp3) is 0.0769. The van der Waals surface area contributed by atoms with E-state index in [-0.39, 0.29) is 0 Å². The molecule has 0 saturated carbocycles. The van der Waals surface area contributed by atoms with Crippen molar-refractivity contribution in [2.75, 3.05) is 0 Å². The largest absolute Gasteiger partial charge is 0.232 e. The number of fused-ring (bicyclic) bond motifs is 1. The third kappa shape index (κ3) is 1.92. The zero-order chi connectivity index (χ0) is 11.8. The Kier molecular flexibility index (Phi) is 2.57. The Morgan fingerprint density at radius 1 is 1.12 bits per heavy atom. The second kappa shape index (κ2) is 4.09. The molecule has 0 spiro atoms. The van der Waals surface area contributed by atoms with Gasteiger partial charge in [0, 0.05) is 10.9 Å². The maximum atomic E-state index is 6.05. The Hall–Kier alpha value is -1.45. The Labute approximate surface area is 108 Å². The van der Waals surface area contributed by atoms with Gasteiger partial charge in [0.25, 0.3) is 0 Å². The number of thiophene rings is 1. The molecule has 0 aliphatic rings. The van der Waals surface area contributed by atoms with Crippen molar-refractivity contribution < 1.29 is 0 Å². The van der Waals surface area contributed by atoms with Crippen molar-refractivity contribution in [1.29, 1.82) is 0 Å². The lowest BCUT2D eigenvalue weighted by Gasteiger charge is -2.03. The highest BCUT2D eigenvalue weighted by molar-refractivity contribution is 7.22. The highest BCUT2D eigenvalue weighted by Gasteiger charge is 2.10. The summed E-state index contributed by atoms with van der Waals surface area (Å²) in [4.78, 5) is 9.87. The number of aromatic nitrogens is 2. The average Bonchev–Trinajstić information content (AvgIpc) is 2.69. The summed E-state index contributed by atoms with van der Waals surface area (Å²) in [5, 5.41) is 1.02. The molecule has 84 valence electrons. The number of hydrogen-bond acceptors (Lipinski definition) is 3. The smallest absolute Gasteiger partial charge is 0.129 e. The van der Waals surface area contributed by atoms with E-state index in [9.17, 15) is 0 Å². The molecule has 0 fully saturated rings. The minimum absolute atomic E-state index is 0.747. The maximum absolute atomic E-state index is 6.05. The first-order valence-electron chi connectivity index (χ1n) is 5.23. The molecule has 0 atom stereocenters. The molecule has 4 heteroatoms. The Morgan fingerprint density at radius 2 is 1.88 bits per heavy atom. The first-order valence-corrected chi connectivity index (χ1v) is 6.42. The van der Waals surface area contributed by atoms with Crippen molar-refractivity contribution >= 4 is 33.2 Å². The Bertz CT molecular complexity index is 676. The van der Waals surface area contributed by atoms with Gasteiger partial charge in [0.1, 0.15) is 10.7 Å². The second-order valence-electron chi connectivity index (χ2n) is 3.75. The van der Waals surface area contributed by atoms with Crippen LogP contribution in [0.1, 0.15) is 5.82 Å². The number of hydrogen-bond donors (Lipinski definition) is 0. The number of aryl methyl sites for hydroxylation is 1. The Balaban J connectivity index is 2.35. The lowest BCUT2D eigenvalue weighted by atomic mass is 10.1. The van der Waals surface area contributed by atoms with Crippen molar-refractivity contribution in [3.63, 3.8) is 0 Å². The fourth-order valence-corrected chi connectivity index (χ4v) is 2.95. The molecule has 2 nitrogen and oxygen atoms in total. The van der Waals surface area contributed by atoms with Gasteiger partial charge in [-0.1, -0.05) is 41.9 Å². The van der Waals surface area contributed by atoms with Gasteiger partial charge in [0.15, 0.2) is 0 Å². The van der Waals surface area contributed by atoms with Crippen LogP contribution in [0.4, 0.5) is 0 Å². The van der Waals surface area contributed by atoms with Crippen LogP contribution in [-0.2, 0) is 0 Å².